The Bertz CT molecular complexity index is 1410. The second kappa shape index (κ2) is 8.00. The summed E-state index contributed by atoms with van der Waals surface area (Å²) in [5, 5.41) is 8.45. The predicted molar refractivity (Wildman–Crippen MR) is 127 cm³/mol. The standard InChI is InChI=1S/C25H22N4O2S/c30-25-19-7-2-1-6-18(19)23(22-10-5-15-32-22)27-29(25)16-28-13-11-17(12-14-28)24-26-20-8-3-4-9-21(20)31-24/h1-10,15,17H,11-14,16H2. The molecule has 0 bridgehead atoms. The van der Waals surface area contributed by atoms with Gasteiger partial charge in [0.05, 0.1) is 16.9 Å². The number of oxazole rings is 1. The van der Waals surface area contributed by atoms with Gasteiger partial charge in [-0.1, -0.05) is 36.4 Å². The first-order chi connectivity index (χ1) is 15.8. The van der Waals surface area contributed by atoms with Gasteiger partial charge >= 0.3 is 0 Å². The lowest BCUT2D eigenvalue weighted by Crippen LogP contribution is -2.38. The van der Waals surface area contributed by atoms with Gasteiger partial charge in [-0.3, -0.25) is 9.69 Å². The molecule has 0 radical (unpaired) electrons. The number of hydrogen-bond acceptors (Lipinski definition) is 6. The van der Waals surface area contributed by atoms with Gasteiger partial charge in [0.25, 0.3) is 5.56 Å². The molecule has 3 aromatic heterocycles. The summed E-state index contributed by atoms with van der Waals surface area (Å²) in [7, 11) is 0. The summed E-state index contributed by atoms with van der Waals surface area (Å²) in [4.78, 5) is 21.2. The van der Waals surface area contributed by atoms with Crippen LogP contribution < -0.4 is 5.56 Å². The van der Waals surface area contributed by atoms with Crippen molar-refractivity contribution in [2.45, 2.75) is 25.4 Å². The van der Waals surface area contributed by atoms with Crippen LogP contribution in [0.3, 0.4) is 0 Å². The second-order valence-electron chi connectivity index (χ2n) is 8.23. The van der Waals surface area contributed by atoms with Gasteiger partial charge in [0.15, 0.2) is 11.5 Å². The van der Waals surface area contributed by atoms with Crippen molar-refractivity contribution in [3.05, 3.63) is 82.3 Å². The highest BCUT2D eigenvalue weighted by molar-refractivity contribution is 7.13. The maximum atomic E-state index is 13.2. The number of likely N-dealkylation sites (tertiary alicyclic amines) is 1. The van der Waals surface area contributed by atoms with E-state index < -0.39 is 0 Å². The fourth-order valence-electron chi connectivity index (χ4n) is 4.50. The van der Waals surface area contributed by atoms with Gasteiger partial charge in [0, 0.05) is 24.4 Å². The minimum Gasteiger partial charge on any atom is -0.440 e. The number of benzene rings is 2. The van der Waals surface area contributed by atoms with Gasteiger partial charge in [-0.05, 0) is 42.5 Å². The molecule has 2 aromatic carbocycles. The number of piperidine rings is 1. The van der Waals surface area contributed by atoms with Crippen LogP contribution in [0.1, 0.15) is 24.7 Å². The number of thiophene rings is 1. The summed E-state index contributed by atoms with van der Waals surface area (Å²) < 4.78 is 7.61. The highest BCUT2D eigenvalue weighted by Crippen LogP contribution is 2.31. The zero-order chi connectivity index (χ0) is 21.5. The number of aromatic nitrogens is 3. The van der Waals surface area contributed by atoms with Gasteiger partial charge in [0.1, 0.15) is 11.2 Å². The summed E-state index contributed by atoms with van der Waals surface area (Å²) >= 11 is 1.64. The Morgan fingerprint density at radius 1 is 0.969 bits per heavy atom. The summed E-state index contributed by atoms with van der Waals surface area (Å²) in [6.07, 6.45) is 1.90. The minimum absolute atomic E-state index is 0.0398. The Morgan fingerprint density at radius 2 is 1.75 bits per heavy atom. The predicted octanol–water partition coefficient (Wildman–Crippen LogP) is 5.10. The largest absolute Gasteiger partial charge is 0.440 e. The van der Waals surface area contributed by atoms with Crippen LogP contribution in [-0.2, 0) is 6.67 Å². The number of fused-ring (bicyclic) bond motifs is 2. The van der Waals surface area contributed by atoms with Crippen molar-refractivity contribution >= 4 is 33.2 Å². The van der Waals surface area contributed by atoms with Crippen molar-refractivity contribution in [1.29, 1.82) is 0 Å². The molecule has 0 N–H and O–H groups in total. The summed E-state index contributed by atoms with van der Waals surface area (Å²) in [6.45, 7) is 2.24. The van der Waals surface area contributed by atoms with E-state index in [0.717, 1.165) is 58.9 Å². The SMILES string of the molecule is O=c1c2ccccc2c(-c2cccs2)nn1CN1CCC(c2nc3ccccc3o2)CC1. The average Bonchev–Trinajstić information content (AvgIpc) is 3.52. The molecule has 5 aromatic rings. The fourth-order valence-corrected chi connectivity index (χ4v) is 5.23. The van der Waals surface area contributed by atoms with Gasteiger partial charge in [-0.25, -0.2) is 9.67 Å². The molecule has 160 valence electrons. The molecule has 1 aliphatic rings. The normalized spacial score (nSPS) is 15.6. The van der Waals surface area contributed by atoms with E-state index in [1.165, 1.54) is 0 Å². The van der Waals surface area contributed by atoms with Gasteiger partial charge in [-0.15, -0.1) is 11.3 Å². The van der Waals surface area contributed by atoms with E-state index in [1.807, 2.05) is 60.0 Å². The van der Waals surface area contributed by atoms with Crippen LogP contribution in [0.25, 0.3) is 32.4 Å². The first-order valence-electron chi connectivity index (χ1n) is 10.9. The number of rotatable bonds is 4. The molecule has 6 nitrogen and oxygen atoms in total. The van der Waals surface area contributed by atoms with Crippen molar-refractivity contribution in [3.8, 4) is 10.6 Å². The van der Waals surface area contributed by atoms with Crippen LogP contribution in [0.4, 0.5) is 0 Å². The van der Waals surface area contributed by atoms with Crippen molar-refractivity contribution in [2.75, 3.05) is 13.1 Å². The maximum absolute atomic E-state index is 13.2. The van der Waals surface area contributed by atoms with E-state index in [1.54, 1.807) is 16.0 Å². The molecule has 0 saturated carbocycles. The van der Waals surface area contributed by atoms with E-state index in [2.05, 4.69) is 16.0 Å². The van der Waals surface area contributed by atoms with E-state index in [9.17, 15) is 4.79 Å². The lowest BCUT2D eigenvalue weighted by atomic mass is 9.97. The van der Waals surface area contributed by atoms with Crippen LogP contribution in [0.2, 0.25) is 0 Å². The fraction of sp³-hybridized carbons (Fsp3) is 0.240. The van der Waals surface area contributed by atoms with Crippen molar-refractivity contribution in [2.24, 2.45) is 0 Å². The Balaban J connectivity index is 1.25. The monoisotopic (exact) mass is 442 g/mol. The van der Waals surface area contributed by atoms with E-state index in [-0.39, 0.29) is 5.56 Å². The summed E-state index contributed by atoms with van der Waals surface area (Å²) in [5.74, 6) is 1.13. The topological polar surface area (TPSA) is 64.2 Å². The van der Waals surface area contributed by atoms with Gasteiger partial charge in [0.2, 0.25) is 0 Å². The van der Waals surface area contributed by atoms with Crippen LogP contribution in [0.5, 0.6) is 0 Å². The molecule has 1 aliphatic heterocycles. The molecule has 32 heavy (non-hydrogen) atoms. The molecular formula is C25H22N4O2S. The van der Waals surface area contributed by atoms with E-state index >= 15 is 0 Å². The highest BCUT2D eigenvalue weighted by atomic mass is 32.1. The van der Waals surface area contributed by atoms with Crippen LogP contribution in [-0.4, -0.2) is 32.8 Å². The lowest BCUT2D eigenvalue weighted by Gasteiger charge is -2.30. The van der Waals surface area contributed by atoms with Crippen LogP contribution in [0, 0.1) is 0 Å². The second-order valence-corrected chi connectivity index (χ2v) is 9.18. The smallest absolute Gasteiger partial charge is 0.275 e. The molecular weight excluding hydrogens is 420 g/mol. The molecule has 0 spiro atoms. The molecule has 0 unspecified atom stereocenters. The first-order valence-corrected chi connectivity index (χ1v) is 11.8. The van der Waals surface area contributed by atoms with E-state index in [0.29, 0.717) is 18.0 Å². The van der Waals surface area contributed by atoms with Crippen LogP contribution >= 0.6 is 11.3 Å². The zero-order valence-corrected chi connectivity index (χ0v) is 18.3. The molecule has 6 rings (SSSR count). The number of hydrogen-bond donors (Lipinski definition) is 0. The molecule has 0 aliphatic carbocycles. The Morgan fingerprint density at radius 3 is 2.53 bits per heavy atom. The summed E-state index contributed by atoms with van der Waals surface area (Å²) in [6, 6.07) is 19.7. The lowest BCUT2D eigenvalue weighted by molar-refractivity contribution is 0.152. The zero-order valence-electron chi connectivity index (χ0n) is 17.5. The summed E-state index contributed by atoms with van der Waals surface area (Å²) in [5.41, 5.74) is 2.59. The molecule has 1 saturated heterocycles. The third kappa shape index (κ3) is 3.43. The molecule has 4 heterocycles. The maximum Gasteiger partial charge on any atom is 0.275 e. The quantitative estimate of drug-likeness (QED) is 0.387. The molecule has 0 amide bonds. The average molecular weight is 443 g/mol. The van der Waals surface area contributed by atoms with Crippen molar-refractivity contribution < 1.29 is 4.42 Å². The first kappa shape index (κ1) is 19.4. The van der Waals surface area contributed by atoms with Crippen LogP contribution in [0.15, 0.2) is 75.3 Å². The molecule has 0 atom stereocenters. The van der Waals surface area contributed by atoms with Gasteiger partial charge in [-0.2, -0.15) is 5.10 Å². The highest BCUT2D eigenvalue weighted by Gasteiger charge is 2.25. The van der Waals surface area contributed by atoms with Crippen molar-refractivity contribution in [1.82, 2.24) is 19.7 Å². The van der Waals surface area contributed by atoms with Gasteiger partial charge < -0.3 is 4.42 Å². The number of nitrogens with zero attached hydrogens (tertiary/aromatic N) is 4. The van der Waals surface area contributed by atoms with Crippen molar-refractivity contribution in [3.63, 3.8) is 0 Å². The third-order valence-corrected chi connectivity index (χ3v) is 7.08. The third-order valence-electron chi connectivity index (χ3n) is 6.20. The number of para-hydroxylation sites is 2. The molecule has 1 fully saturated rings. The Labute approximate surface area is 188 Å². The Hall–Kier alpha value is -3.29. The van der Waals surface area contributed by atoms with E-state index in [4.69, 9.17) is 9.52 Å². The molecule has 7 heteroatoms. The minimum atomic E-state index is -0.0398. The Kier molecular flexibility index (Phi) is 4.85.